The molecule has 0 amide bonds. The molecule has 0 fully saturated rings. The predicted octanol–water partition coefficient (Wildman–Crippen LogP) is 2.64. The summed E-state index contributed by atoms with van der Waals surface area (Å²) in [4.78, 5) is 10.7. The molecule has 18 heavy (non-hydrogen) atoms. The third-order valence-corrected chi connectivity index (χ3v) is 2.68. The van der Waals surface area contributed by atoms with Gasteiger partial charge < -0.3 is 9.47 Å². The van der Waals surface area contributed by atoms with Gasteiger partial charge >= 0.3 is 6.29 Å². The fraction of sp³-hybridized carbons (Fsp3) is 0.250. The van der Waals surface area contributed by atoms with Crippen molar-refractivity contribution in [1.82, 2.24) is 0 Å². The van der Waals surface area contributed by atoms with Crippen LogP contribution in [-0.2, 0) is 4.79 Å². The van der Waals surface area contributed by atoms with Gasteiger partial charge in [-0.25, -0.2) is 0 Å². The first-order valence-corrected chi connectivity index (χ1v) is 5.97. The lowest BCUT2D eigenvalue weighted by molar-refractivity contribution is -0.286. The number of thioether (sulfide) groups is 1. The maximum Gasteiger partial charge on any atom is 0.586 e. The third-order valence-electron chi connectivity index (χ3n) is 1.98. The highest BCUT2D eigenvalue weighted by Gasteiger charge is 2.43. The zero-order valence-electron chi connectivity index (χ0n) is 9.33. The summed E-state index contributed by atoms with van der Waals surface area (Å²) in [7, 11) is 0. The molecule has 0 saturated carbocycles. The van der Waals surface area contributed by atoms with Gasteiger partial charge in [-0.2, -0.15) is 0 Å². The van der Waals surface area contributed by atoms with E-state index in [9.17, 15) is 13.6 Å². The fourth-order valence-corrected chi connectivity index (χ4v) is 1.65. The molecule has 0 N–H and O–H groups in total. The summed E-state index contributed by atoms with van der Waals surface area (Å²) < 4.78 is 34.0. The number of hydrogen-bond donors (Lipinski definition) is 0. The third kappa shape index (κ3) is 3.14. The molecule has 1 aliphatic heterocycles. The van der Waals surface area contributed by atoms with Crippen molar-refractivity contribution in [1.29, 1.82) is 0 Å². The van der Waals surface area contributed by atoms with Crippen molar-refractivity contribution in [3.05, 3.63) is 23.8 Å². The van der Waals surface area contributed by atoms with Crippen molar-refractivity contribution in [2.75, 3.05) is 5.75 Å². The first-order chi connectivity index (χ1) is 8.46. The van der Waals surface area contributed by atoms with Gasteiger partial charge in [0, 0.05) is 18.6 Å². The Balaban J connectivity index is 2.07. The fourth-order valence-electron chi connectivity index (χ4n) is 1.30. The maximum atomic E-state index is 12.7. The number of rotatable bonds is 1. The highest BCUT2D eigenvalue weighted by Crippen LogP contribution is 2.40. The van der Waals surface area contributed by atoms with Crippen molar-refractivity contribution in [2.24, 2.45) is 0 Å². The Morgan fingerprint density at radius 2 is 2.11 bits per heavy atom. The number of halogens is 2. The lowest BCUT2D eigenvalue weighted by Gasteiger charge is -2.04. The molecule has 1 aromatic rings. The summed E-state index contributed by atoms with van der Waals surface area (Å²) >= 11 is 1.09. The molecule has 3 nitrogen and oxygen atoms in total. The van der Waals surface area contributed by atoms with Crippen molar-refractivity contribution in [2.45, 2.75) is 13.2 Å². The summed E-state index contributed by atoms with van der Waals surface area (Å²) in [6.07, 6.45) is -3.61. The molecule has 1 aliphatic rings. The minimum atomic E-state index is -3.61. The van der Waals surface area contributed by atoms with Crippen LogP contribution in [0.3, 0.4) is 0 Å². The van der Waals surface area contributed by atoms with Gasteiger partial charge in [0.05, 0.1) is 5.75 Å². The Labute approximate surface area is 106 Å². The summed E-state index contributed by atoms with van der Waals surface area (Å²) in [5, 5.41) is -0.0189. The smallest absolute Gasteiger partial charge is 0.395 e. The van der Waals surface area contributed by atoms with Crippen molar-refractivity contribution in [3.63, 3.8) is 0 Å². The molecule has 0 saturated heterocycles. The number of benzene rings is 1. The van der Waals surface area contributed by atoms with Crippen molar-refractivity contribution < 1.29 is 23.0 Å². The molecule has 94 valence electrons. The molecule has 0 spiro atoms. The van der Waals surface area contributed by atoms with E-state index in [1.807, 2.05) is 0 Å². The summed E-state index contributed by atoms with van der Waals surface area (Å²) in [5.74, 6) is 5.82. The first kappa shape index (κ1) is 12.7. The van der Waals surface area contributed by atoms with E-state index in [2.05, 4.69) is 21.3 Å². The molecule has 1 heterocycles. The van der Waals surface area contributed by atoms with E-state index in [1.54, 1.807) is 6.07 Å². The van der Waals surface area contributed by atoms with Gasteiger partial charge in [-0.1, -0.05) is 23.6 Å². The number of hydrogen-bond acceptors (Lipinski definition) is 4. The van der Waals surface area contributed by atoms with Gasteiger partial charge in [0.2, 0.25) is 0 Å². The van der Waals surface area contributed by atoms with Gasteiger partial charge in [0.25, 0.3) is 0 Å². The van der Waals surface area contributed by atoms with Crippen molar-refractivity contribution >= 4 is 16.9 Å². The highest BCUT2D eigenvalue weighted by atomic mass is 32.2. The standard InChI is InChI=1S/C12H8F2O3S/c1-8(15)18-6-2-3-9-4-5-10-11(7-9)17-12(13,14)16-10/h4-5,7H,6H2,1H3. The zero-order valence-corrected chi connectivity index (χ0v) is 10.1. The maximum absolute atomic E-state index is 12.7. The normalized spacial score (nSPS) is 14.8. The number of fused-ring (bicyclic) bond motifs is 1. The SMILES string of the molecule is CC(=O)SCC#Cc1ccc2c(c1)OC(F)(F)O2. The van der Waals surface area contributed by atoms with Crippen LogP contribution in [0.2, 0.25) is 0 Å². The second-order valence-electron chi connectivity index (χ2n) is 3.41. The minimum Gasteiger partial charge on any atom is -0.395 e. The highest BCUT2D eigenvalue weighted by molar-refractivity contribution is 8.13. The van der Waals surface area contributed by atoms with E-state index in [1.165, 1.54) is 19.1 Å². The summed E-state index contributed by atoms with van der Waals surface area (Å²) in [6.45, 7) is 1.45. The van der Waals surface area contributed by atoms with Crippen LogP contribution in [0.4, 0.5) is 8.78 Å². The number of ether oxygens (including phenoxy) is 2. The van der Waals surface area contributed by atoms with Crippen LogP contribution in [0.25, 0.3) is 0 Å². The van der Waals surface area contributed by atoms with Gasteiger partial charge in [-0.3, -0.25) is 4.79 Å². The first-order valence-electron chi connectivity index (χ1n) is 4.98. The average molecular weight is 270 g/mol. The van der Waals surface area contributed by atoms with Crippen LogP contribution < -0.4 is 9.47 Å². The molecule has 2 rings (SSSR count). The van der Waals surface area contributed by atoms with Gasteiger partial charge in [-0.05, 0) is 12.1 Å². The van der Waals surface area contributed by atoms with E-state index in [0.29, 0.717) is 11.3 Å². The van der Waals surface area contributed by atoms with Gasteiger partial charge in [0.1, 0.15) is 0 Å². The van der Waals surface area contributed by atoms with Gasteiger partial charge in [0.15, 0.2) is 16.6 Å². The Hall–Kier alpha value is -1.74. The van der Waals surface area contributed by atoms with E-state index < -0.39 is 6.29 Å². The monoisotopic (exact) mass is 270 g/mol. The Morgan fingerprint density at radius 1 is 1.39 bits per heavy atom. The Morgan fingerprint density at radius 3 is 2.83 bits per heavy atom. The van der Waals surface area contributed by atoms with Crippen LogP contribution in [-0.4, -0.2) is 17.2 Å². The van der Waals surface area contributed by atoms with Crippen LogP contribution >= 0.6 is 11.8 Å². The lowest BCUT2D eigenvalue weighted by Crippen LogP contribution is -2.25. The van der Waals surface area contributed by atoms with Crippen molar-refractivity contribution in [3.8, 4) is 23.3 Å². The largest absolute Gasteiger partial charge is 0.586 e. The molecule has 1 aromatic carbocycles. The molecule has 0 unspecified atom stereocenters. The number of alkyl halides is 2. The molecule has 0 atom stereocenters. The lowest BCUT2D eigenvalue weighted by atomic mass is 10.2. The summed E-state index contributed by atoms with van der Waals surface area (Å²) in [6, 6.07) is 4.30. The summed E-state index contributed by atoms with van der Waals surface area (Å²) in [5.41, 5.74) is 0.527. The minimum absolute atomic E-state index is 0.0105. The topological polar surface area (TPSA) is 35.5 Å². The Bertz CT molecular complexity index is 546. The average Bonchev–Trinajstić information content (AvgIpc) is 2.57. The molecule has 6 heteroatoms. The van der Waals surface area contributed by atoms with Gasteiger partial charge in [-0.15, -0.1) is 8.78 Å². The van der Waals surface area contributed by atoms with Crippen LogP contribution in [0, 0.1) is 11.8 Å². The van der Waals surface area contributed by atoms with E-state index in [-0.39, 0.29) is 16.6 Å². The van der Waals surface area contributed by atoms with E-state index in [4.69, 9.17) is 0 Å². The molecule has 0 aliphatic carbocycles. The van der Waals surface area contributed by atoms with Crippen LogP contribution in [0.1, 0.15) is 12.5 Å². The molecule has 0 radical (unpaired) electrons. The molecular weight excluding hydrogens is 262 g/mol. The number of carbonyl (C=O) groups excluding carboxylic acids is 1. The molecular formula is C12H8F2O3S. The van der Waals surface area contributed by atoms with Crippen LogP contribution in [0.5, 0.6) is 11.5 Å². The van der Waals surface area contributed by atoms with E-state index in [0.717, 1.165) is 11.8 Å². The van der Waals surface area contributed by atoms with Crippen LogP contribution in [0.15, 0.2) is 18.2 Å². The second-order valence-corrected chi connectivity index (χ2v) is 4.56. The zero-order chi connectivity index (χ0) is 13.2. The van der Waals surface area contributed by atoms with E-state index >= 15 is 0 Å². The Kier molecular flexibility index (Phi) is 3.43. The second kappa shape index (κ2) is 4.86. The molecule has 0 aromatic heterocycles. The predicted molar refractivity (Wildman–Crippen MR) is 62.7 cm³/mol. The number of carbonyl (C=O) groups is 1. The quantitative estimate of drug-likeness (QED) is 0.735. The molecule has 0 bridgehead atoms.